The highest BCUT2D eigenvalue weighted by Crippen LogP contribution is 2.24. The van der Waals surface area contributed by atoms with Crippen LogP contribution in [0.25, 0.3) is 16.9 Å². The number of hydrogen-bond donors (Lipinski definition) is 0. The lowest BCUT2D eigenvalue weighted by atomic mass is 10.2. The molecule has 2 aromatic rings. The van der Waals surface area contributed by atoms with E-state index in [1.807, 2.05) is 0 Å². The van der Waals surface area contributed by atoms with Crippen molar-refractivity contribution >= 4 is 28.8 Å². The van der Waals surface area contributed by atoms with Gasteiger partial charge in [0.15, 0.2) is 11.3 Å². The Kier molecular flexibility index (Phi) is 4.51. The summed E-state index contributed by atoms with van der Waals surface area (Å²) in [5, 5.41) is 0. The van der Waals surface area contributed by atoms with Crippen LogP contribution in [0.3, 0.4) is 0 Å². The maximum Gasteiger partial charge on any atom is 0.358 e. The minimum Gasteiger partial charge on any atom is -0.461 e. The van der Waals surface area contributed by atoms with E-state index in [-0.39, 0.29) is 12.3 Å². The second-order valence-electron chi connectivity index (χ2n) is 5.36. The number of rotatable bonds is 5. The molecule has 130 valence electrons. The second-order valence-corrected chi connectivity index (χ2v) is 5.36. The molecule has 0 amide bonds. The minimum absolute atomic E-state index is 0.103. The van der Waals surface area contributed by atoms with Crippen molar-refractivity contribution in [3.8, 4) is 0 Å². The number of carbonyl (C=O) groups is 2. The van der Waals surface area contributed by atoms with Gasteiger partial charge in [-0.15, -0.1) is 0 Å². The Morgan fingerprint density at radius 3 is 2.80 bits per heavy atom. The summed E-state index contributed by atoms with van der Waals surface area (Å²) in [6, 6.07) is 1.72. The summed E-state index contributed by atoms with van der Waals surface area (Å²) in [5.74, 6) is -1.03. The minimum atomic E-state index is -0.871. The highest BCUT2D eigenvalue weighted by Gasteiger charge is 2.30. The highest BCUT2D eigenvalue weighted by molar-refractivity contribution is 6.11. The van der Waals surface area contributed by atoms with Crippen LogP contribution in [-0.4, -0.2) is 39.4 Å². The van der Waals surface area contributed by atoms with E-state index in [2.05, 4.69) is 9.97 Å². The molecule has 0 saturated heterocycles. The molecule has 1 unspecified atom stereocenters. The number of cyclic esters (lactones) is 1. The van der Waals surface area contributed by atoms with E-state index in [0.29, 0.717) is 22.3 Å². The van der Waals surface area contributed by atoms with Crippen molar-refractivity contribution in [2.45, 2.75) is 27.1 Å². The molecule has 1 aliphatic rings. The van der Waals surface area contributed by atoms with Crippen LogP contribution in [0, 0.1) is 0 Å². The first-order chi connectivity index (χ1) is 12.0. The summed E-state index contributed by atoms with van der Waals surface area (Å²) in [4.78, 5) is 32.3. The molecule has 0 N–H and O–H groups in total. The zero-order chi connectivity index (χ0) is 18.0. The van der Waals surface area contributed by atoms with Crippen LogP contribution in [0.1, 0.15) is 20.8 Å². The first-order valence-corrected chi connectivity index (χ1v) is 7.72. The largest absolute Gasteiger partial charge is 0.461 e. The third kappa shape index (κ3) is 3.10. The molecule has 1 atom stereocenters. The van der Waals surface area contributed by atoms with Crippen LogP contribution >= 0.6 is 0 Å². The molecule has 3 rings (SSSR count). The fraction of sp³-hybridized carbons (Fsp3) is 0.294. The fourth-order valence-corrected chi connectivity index (χ4v) is 2.33. The van der Waals surface area contributed by atoms with Gasteiger partial charge in [0, 0.05) is 29.7 Å². The Labute approximate surface area is 143 Å². The predicted molar refractivity (Wildman–Crippen MR) is 87.8 cm³/mol. The number of nitrogens with zero attached hydrogens (tertiary/aromatic N) is 3. The van der Waals surface area contributed by atoms with Crippen molar-refractivity contribution in [2.24, 2.45) is 0 Å². The molecule has 2 aromatic heterocycles. The van der Waals surface area contributed by atoms with E-state index in [1.165, 1.54) is 17.0 Å². The van der Waals surface area contributed by atoms with Gasteiger partial charge in [-0.3, -0.25) is 9.55 Å². The van der Waals surface area contributed by atoms with Crippen molar-refractivity contribution < 1.29 is 23.8 Å². The van der Waals surface area contributed by atoms with Crippen LogP contribution in [0.4, 0.5) is 0 Å². The first kappa shape index (κ1) is 16.7. The Bertz CT molecular complexity index is 897. The zero-order valence-electron chi connectivity index (χ0n) is 14.1. The predicted octanol–water partition coefficient (Wildman–Crippen LogP) is 2.03. The number of esters is 2. The molecule has 0 bridgehead atoms. The van der Waals surface area contributed by atoms with Crippen LogP contribution in [0.15, 0.2) is 42.1 Å². The molecule has 8 heteroatoms. The van der Waals surface area contributed by atoms with Crippen LogP contribution in [0.2, 0.25) is 0 Å². The van der Waals surface area contributed by atoms with Gasteiger partial charge in [0.1, 0.15) is 11.8 Å². The number of fused-ring (bicyclic) bond motifs is 1. The highest BCUT2D eigenvalue weighted by atomic mass is 16.7. The maximum atomic E-state index is 12.3. The quantitative estimate of drug-likeness (QED) is 0.466. The van der Waals surface area contributed by atoms with E-state index >= 15 is 0 Å². The van der Waals surface area contributed by atoms with Gasteiger partial charge in [-0.25, -0.2) is 14.6 Å². The molecule has 0 spiro atoms. The van der Waals surface area contributed by atoms with Crippen molar-refractivity contribution in [1.29, 1.82) is 0 Å². The van der Waals surface area contributed by atoms with Crippen molar-refractivity contribution in [2.75, 3.05) is 6.61 Å². The van der Waals surface area contributed by atoms with Gasteiger partial charge in [0.05, 0.1) is 6.61 Å². The van der Waals surface area contributed by atoms with E-state index in [4.69, 9.17) is 14.2 Å². The zero-order valence-corrected chi connectivity index (χ0v) is 14.1. The van der Waals surface area contributed by atoms with E-state index in [9.17, 15) is 9.59 Å². The summed E-state index contributed by atoms with van der Waals surface area (Å²) in [6.07, 6.45) is 5.07. The Hall–Kier alpha value is -3.16. The van der Waals surface area contributed by atoms with Crippen LogP contribution in [0.5, 0.6) is 0 Å². The van der Waals surface area contributed by atoms with E-state index in [1.54, 1.807) is 39.2 Å². The SMILES string of the molecule is CCOC(=O)/C(=C/OC1OC(=O)C(C)=C1C)n1ccc2nccnc21. The molecular weight excluding hydrogens is 326 g/mol. The van der Waals surface area contributed by atoms with Crippen LogP contribution in [-0.2, 0) is 23.8 Å². The van der Waals surface area contributed by atoms with Gasteiger partial charge in [0.2, 0.25) is 0 Å². The topological polar surface area (TPSA) is 92.5 Å². The molecular formula is C17H17N3O5. The van der Waals surface area contributed by atoms with Gasteiger partial charge in [0.25, 0.3) is 6.29 Å². The van der Waals surface area contributed by atoms with Gasteiger partial charge in [-0.05, 0) is 26.8 Å². The Balaban J connectivity index is 1.96. The summed E-state index contributed by atoms with van der Waals surface area (Å²) in [5.41, 5.74) is 2.36. The number of aromatic nitrogens is 3. The van der Waals surface area contributed by atoms with Gasteiger partial charge < -0.3 is 14.2 Å². The first-order valence-electron chi connectivity index (χ1n) is 7.72. The van der Waals surface area contributed by atoms with E-state index < -0.39 is 18.2 Å². The summed E-state index contributed by atoms with van der Waals surface area (Å²) < 4.78 is 17.2. The molecule has 25 heavy (non-hydrogen) atoms. The van der Waals surface area contributed by atoms with Gasteiger partial charge in [-0.2, -0.15) is 0 Å². The summed E-state index contributed by atoms with van der Waals surface area (Å²) in [6.45, 7) is 5.31. The molecule has 0 radical (unpaired) electrons. The second kappa shape index (κ2) is 6.76. The molecule has 0 saturated carbocycles. The molecule has 8 nitrogen and oxygen atoms in total. The third-order valence-corrected chi connectivity index (χ3v) is 3.83. The Morgan fingerprint density at radius 1 is 1.36 bits per heavy atom. The normalized spacial score (nSPS) is 17.8. The molecule has 0 fully saturated rings. The lowest BCUT2D eigenvalue weighted by Crippen LogP contribution is -2.16. The van der Waals surface area contributed by atoms with Gasteiger partial charge in [-0.1, -0.05) is 0 Å². The number of ether oxygens (including phenoxy) is 3. The van der Waals surface area contributed by atoms with Crippen molar-refractivity contribution in [3.05, 3.63) is 42.1 Å². The van der Waals surface area contributed by atoms with Crippen molar-refractivity contribution in [3.63, 3.8) is 0 Å². The maximum absolute atomic E-state index is 12.3. The van der Waals surface area contributed by atoms with E-state index in [0.717, 1.165) is 0 Å². The lowest BCUT2D eigenvalue weighted by Gasteiger charge is -2.14. The van der Waals surface area contributed by atoms with Crippen LogP contribution < -0.4 is 0 Å². The lowest BCUT2D eigenvalue weighted by molar-refractivity contribution is -0.152. The molecule has 0 aliphatic carbocycles. The molecule has 3 heterocycles. The van der Waals surface area contributed by atoms with Gasteiger partial charge >= 0.3 is 11.9 Å². The average molecular weight is 343 g/mol. The summed E-state index contributed by atoms with van der Waals surface area (Å²) in [7, 11) is 0. The summed E-state index contributed by atoms with van der Waals surface area (Å²) >= 11 is 0. The molecule has 0 aromatic carbocycles. The standard InChI is InChI=1S/C17H17N3O5/c1-4-23-16(22)13(9-24-17-11(3)10(2)15(21)25-17)20-8-5-12-14(20)19-7-6-18-12/h5-9,17H,4H2,1-3H3/b13-9-. The number of carbonyl (C=O) groups excluding carboxylic acids is 2. The number of hydrogen-bond acceptors (Lipinski definition) is 7. The fourth-order valence-electron chi connectivity index (χ4n) is 2.33. The third-order valence-electron chi connectivity index (χ3n) is 3.83. The Morgan fingerprint density at radius 2 is 2.12 bits per heavy atom. The monoisotopic (exact) mass is 343 g/mol. The smallest absolute Gasteiger partial charge is 0.358 e. The average Bonchev–Trinajstić information content (AvgIpc) is 3.13. The van der Waals surface area contributed by atoms with Crippen molar-refractivity contribution in [1.82, 2.24) is 14.5 Å². The molecule has 1 aliphatic heterocycles.